The van der Waals surface area contributed by atoms with Crippen molar-refractivity contribution in [3.63, 3.8) is 0 Å². The quantitative estimate of drug-likeness (QED) is 0.372. The van der Waals surface area contributed by atoms with Gasteiger partial charge < -0.3 is 0 Å². The molecular weight excluding hydrogens is 91.1 g/mol. The summed E-state index contributed by atoms with van der Waals surface area (Å²) in [5.74, 6) is 2.40. The molecule has 1 radical (unpaired) electrons. The number of rotatable bonds is 3. The number of hydrogen-bond acceptors (Lipinski definition) is 0. The molecule has 0 saturated carbocycles. The van der Waals surface area contributed by atoms with E-state index in [1.807, 2.05) is 0 Å². The van der Waals surface area contributed by atoms with Gasteiger partial charge in [0.15, 0.2) is 0 Å². The van der Waals surface area contributed by atoms with E-state index in [-0.39, 0.29) is 6.67 Å². The van der Waals surface area contributed by atoms with Crippen LogP contribution in [0.15, 0.2) is 0 Å². The number of unbranched alkanes of at least 4 members (excludes halogenated alkanes) is 2. The molecule has 0 aliphatic carbocycles. The van der Waals surface area contributed by atoms with E-state index in [0.717, 1.165) is 0 Å². The lowest BCUT2D eigenvalue weighted by atomic mass is 10.3. The highest BCUT2D eigenvalue weighted by molar-refractivity contribution is 4.85. The highest BCUT2D eigenvalue weighted by atomic mass is 19.1. The Bertz CT molecular complexity index is 61.1. The Morgan fingerprint density at radius 2 is 2.43 bits per heavy atom. The first-order valence-electron chi connectivity index (χ1n) is 2.23. The van der Waals surface area contributed by atoms with Gasteiger partial charge in [0.1, 0.15) is 0 Å². The number of halogens is 1. The van der Waals surface area contributed by atoms with Gasteiger partial charge in [-0.05, 0) is 12.8 Å². The minimum atomic E-state index is -0.359. The van der Waals surface area contributed by atoms with E-state index in [4.69, 9.17) is 6.42 Å². The average Bonchev–Trinajstić information content (AvgIpc) is 1.69. The fourth-order valence-electron chi connectivity index (χ4n) is 0.263. The van der Waals surface area contributed by atoms with Crippen LogP contribution in [0.3, 0.4) is 0 Å². The molecule has 0 aliphatic rings. The molecule has 0 unspecified atom stereocenters. The monoisotopic (exact) mass is 99.1 g/mol. The maximum absolute atomic E-state index is 11.2. The topological polar surface area (TPSA) is 0 Å². The first kappa shape index (κ1) is 6.49. The Balaban J connectivity index is 2.60. The van der Waals surface area contributed by atoms with Gasteiger partial charge in [-0.2, -0.15) is 0 Å². The van der Waals surface area contributed by atoms with Gasteiger partial charge in [0.25, 0.3) is 0 Å². The van der Waals surface area contributed by atoms with Crippen LogP contribution in [0.1, 0.15) is 12.8 Å². The second-order valence-electron chi connectivity index (χ2n) is 1.19. The van der Waals surface area contributed by atoms with Crippen molar-refractivity contribution in [1.29, 1.82) is 0 Å². The molecule has 0 heterocycles. The van der Waals surface area contributed by atoms with E-state index >= 15 is 0 Å². The van der Waals surface area contributed by atoms with Gasteiger partial charge in [0, 0.05) is 6.42 Å². The molecule has 0 amide bonds. The number of hydrogen-bond donors (Lipinski definition) is 0. The minimum Gasteiger partial charge on any atom is -0.251 e. The normalized spacial score (nSPS) is 8.00. The zero-order valence-corrected chi connectivity index (χ0v) is 4.15. The van der Waals surface area contributed by atoms with Crippen molar-refractivity contribution in [1.82, 2.24) is 0 Å². The first-order valence-corrected chi connectivity index (χ1v) is 2.23. The molecule has 0 bridgehead atoms. The van der Waals surface area contributed by atoms with E-state index in [1.54, 1.807) is 0 Å². The zero-order chi connectivity index (χ0) is 5.54. The molecule has 0 aromatic rings. The van der Waals surface area contributed by atoms with Crippen molar-refractivity contribution in [3.05, 3.63) is 6.42 Å². The van der Waals surface area contributed by atoms with Gasteiger partial charge in [-0.25, -0.2) is 0 Å². The largest absolute Gasteiger partial charge is 0.251 e. The molecule has 0 spiro atoms. The molecule has 0 fully saturated rings. The molecule has 0 aliphatic heterocycles. The maximum atomic E-state index is 11.2. The van der Waals surface area contributed by atoms with Crippen molar-refractivity contribution in [2.45, 2.75) is 12.8 Å². The fourth-order valence-corrected chi connectivity index (χ4v) is 0.263. The molecule has 0 aromatic heterocycles. The minimum absolute atomic E-state index is 0.359. The summed E-state index contributed by atoms with van der Waals surface area (Å²) in [5.41, 5.74) is 0. The van der Waals surface area contributed by atoms with Crippen LogP contribution < -0.4 is 0 Å². The van der Waals surface area contributed by atoms with Crippen LogP contribution in [0.4, 0.5) is 4.39 Å². The molecule has 1 heteroatoms. The Kier molecular flexibility index (Phi) is 5.09. The summed E-state index contributed by atoms with van der Waals surface area (Å²) in [6.07, 6.45) is 7.76. The summed E-state index contributed by atoms with van der Waals surface area (Å²) in [6.45, 7) is -0.359. The van der Waals surface area contributed by atoms with Crippen LogP contribution >= 0.6 is 0 Å². The Morgan fingerprint density at radius 3 is 2.86 bits per heavy atom. The summed E-state index contributed by atoms with van der Waals surface area (Å²) < 4.78 is 11.2. The van der Waals surface area contributed by atoms with Crippen molar-refractivity contribution >= 4 is 0 Å². The SMILES string of the molecule is C#CCC[CH]CF. The summed E-state index contributed by atoms with van der Waals surface area (Å²) >= 11 is 0. The molecule has 0 atom stereocenters. The summed E-state index contributed by atoms with van der Waals surface area (Å²) in [7, 11) is 0. The second-order valence-corrected chi connectivity index (χ2v) is 1.19. The molecule has 7 heavy (non-hydrogen) atoms. The van der Waals surface area contributed by atoms with Crippen LogP contribution in [0.25, 0.3) is 0 Å². The number of alkyl halides is 1. The van der Waals surface area contributed by atoms with Gasteiger partial charge in [-0.3, -0.25) is 4.39 Å². The Hall–Kier alpha value is -0.510. The van der Waals surface area contributed by atoms with Crippen LogP contribution in [0.2, 0.25) is 0 Å². The smallest absolute Gasteiger partial charge is 0.0926 e. The first-order chi connectivity index (χ1) is 3.41. The van der Waals surface area contributed by atoms with E-state index in [9.17, 15) is 4.39 Å². The van der Waals surface area contributed by atoms with Crippen molar-refractivity contribution in [2.75, 3.05) is 6.67 Å². The van der Waals surface area contributed by atoms with Crippen LogP contribution in [-0.4, -0.2) is 6.67 Å². The molecule has 0 rings (SSSR count). The molecule has 0 saturated heterocycles. The molecule has 39 valence electrons. The van der Waals surface area contributed by atoms with Gasteiger partial charge in [0.05, 0.1) is 6.67 Å². The summed E-state index contributed by atoms with van der Waals surface area (Å²) in [5, 5.41) is 0. The van der Waals surface area contributed by atoms with E-state index < -0.39 is 0 Å². The molecular formula is C6H8F. The van der Waals surface area contributed by atoms with Crippen molar-refractivity contribution in [3.8, 4) is 12.3 Å². The van der Waals surface area contributed by atoms with Gasteiger partial charge in [-0.1, -0.05) is 0 Å². The predicted molar refractivity (Wildman–Crippen MR) is 28.3 cm³/mol. The predicted octanol–water partition coefficient (Wildman–Crippen LogP) is 1.57. The Labute approximate surface area is 43.7 Å². The molecule has 0 nitrogen and oxygen atoms in total. The third-order valence-electron chi connectivity index (χ3n) is 0.602. The second kappa shape index (κ2) is 5.49. The lowest BCUT2D eigenvalue weighted by Crippen LogP contribution is -1.75. The lowest BCUT2D eigenvalue weighted by molar-refractivity contribution is 0.528. The molecule has 0 N–H and O–H groups in total. The number of terminal acetylenes is 1. The average molecular weight is 99.1 g/mol. The summed E-state index contributed by atoms with van der Waals surface area (Å²) in [6, 6.07) is 0. The van der Waals surface area contributed by atoms with Crippen LogP contribution in [0, 0.1) is 18.8 Å². The molecule has 0 aromatic carbocycles. The van der Waals surface area contributed by atoms with Crippen molar-refractivity contribution in [2.24, 2.45) is 0 Å². The van der Waals surface area contributed by atoms with Gasteiger partial charge >= 0.3 is 0 Å². The Morgan fingerprint density at radius 1 is 1.71 bits per heavy atom. The lowest BCUT2D eigenvalue weighted by Gasteiger charge is -1.83. The van der Waals surface area contributed by atoms with E-state index in [1.165, 1.54) is 6.42 Å². The van der Waals surface area contributed by atoms with E-state index in [2.05, 4.69) is 5.92 Å². The van der Waals surface area contributed by atoms with Crippen molar-refractivity contribution < 1.29 is 4.39 Å². The standard InChI is InChI=1S/C6H8F/c1-2-3-4-5-6-7/h1,5H,3-4,6H2. The summed E-state index contributed by atoms with van der Waals surface area (Å²) in [4.78, 5) is 0. The van der Waals surface area contributed by atoms with Gasteiger partial charge in [-0.15, -0.1) is 12.3 Å². The van der Waals surface area contributed by atoms with Gasteiger partial charge in [0.2, 0.25) is 0 Å². The highest BCUT2D eigenvalue weighted by Crippen LogP contribution is 1.90. The van der Waals surface area contributed by atoms with Crippen LogP contribution in [-0.2, 0) is 0 Å². The van der Waals surface area contributed by atoms with Crippen LogP contribution in [0.5, 0.6) is 0 Å². The fraction of sp³-hybridized carbons (Fsp3) is 0.500. The van der Waals surface area contributed by atoms with E-state index in [0.29, 0.717) is 12.8 Å². The third-order valence-corrected chi connectivity index (χ3v) is 0.602. The maximum Gasteiger partial charge on any atom is 0.0926 e. The third kappa shape index (κ3) is 5.49. The zero-order valence-electron chi connectivity index (χ0n) is 4.15. The highest BCUT2D eigenvalue weighted by Gasteiger charge is 1.80.